The lowest BCUT2D eigenvalue weighted by atomic mass is 10.0. The Morgan fingerprint density at radius 2 is 2.24 bits per heavy atom. The summed E-state index contributed by atoms with van der Waals surface area (Å²) in [5, 5.41) is 4.35. The summed E-state index contributed by atoms with van der Waals surface area (Å²) in [5.74, 6) is -0.415. The highest BCUT2D eigenvalue weighted by Crippen LogP contribution is 2.20. The third-order valence-electron chi connectivity index (χ3n) is 2.55. The van der Waals surface area contributed by atoms with Crippen LogP contribution in [0.3, 0.4) is 0 Å². The van der Waals surface area contributed by atoms with Crippen LogP contribution in [-0.4, -0.2) is 9.78 Å². The maximum absolute atomic E-state index is 13.0. The Bertz CT molecular complexity index is 524. The monoisotopic (exact) mass is 253 g/mol. The molecule has 2 aromatic rings. The van der Waals surface area contributed by atoms with Gasteiger partial charge in [-0.2, -0.15) is 5.10 Å². The lowest BCUT2D eigenvalue weighted by Gasteiger charge is -2.09. The zero-order valence-corrected chi connectivity index (χ0v) is 10.2. The van der Waals surface area contributed by atoms with Crippen LogP contribution in [-0.2, 0) is 13.5 Å². The molecule has 0 aliphatic rings. The molecule has 0 aliphatic carbocycles. The standard InChI is InChI=1S/C12H13ClFN3/c1-17-5-4-12(16-17)11(15)7-8-2-3-10(14)9(13)6-8/h2-6,11H,7,15H2,1H3. The molecular weight excluding hydrogens is 241 g/mol. The molecule has 0 radical (unpaired) electrons. The second-order valence-electron chi connectivity index (χ2n) is 3.97. The predicted molar refractivity (Wildman–Crippen MR) is 65.3 cm³/mol. The molecule has 5 heteroatoms. The summed E-state index contributed by atoms with van der Waals surface area (Å²) >= 11 is 5.71. The molecule has 1 aromatic heterocycles. The highest BCUT2D eigenvalue weighted by molar-refractivity contribution is 6.30. The first-order valence-corrected chi connectivity index (χ1v) is 5.63. The number of halogens is 2. The van der Waals surface area contributed by atoms with Crippen LogP contribution in [0.5, 0.6) is 0 Å². The number of nitrogens with two attached hydrogens (primary N) is 1. The van der Waals surface area contributed by atoms with Crippen molar-refractivity contribution in [1.82, 2.24) is 9.78 Å². The molecule has 90 valence electrons. The second kappa shape index (κ2) is 4.85. The molecule has 0 spiro atoms. The molecule has 0 saturated heterocycles. The largest absolute Gasteiger partial charge is 0.322 e. The zero-order chi connectivity index (χ0) is 12.4. The molecule has 1 unspecified atom stereocenters. The summed E-state index contributed by atoms with van der Waals surface area (Å²) in [6.45, 7) is 0. The van der Waals surface area contributed by atoms with Crippen LogP contribution in [0.15, 0.2) is 30.5 Å². The van der Waals surface area contributed by atoms with Crippen molar-refractivity contribution < 1.29 is 4.39 Å². The Labute approximate surface area is 104 Å². The first-order valence-electron chi connectivity index (χ1n) is 5.25. The van der Waals surface area contributed by atoms with E-state index in [9.17, 15) is 4.39 Å². The van der Waals surface area contributed by atoms with E-state index in [0.717, 1.165) is 11.3 Å². The molecule has 3 nitrogen and oxygen atoms in total. The number of nitrogens with zero attached hydrogens (tertiary/aromatic N) is 2. The summed E-state index contributed by atoms with van der Waals surface area (Å²) in [6, 6.07) is 6.29. The number of aryl methyl sites for hydroxylation is 1. The van der Waals surface area contributed by atoms with Crippen molar-refractivity contribution in [2.45, 2.75) is 12.5 Å². The SMILES string of the molecule is Cn1ccc(C(N)Cc2ccc(F)c(Cl)c2)n1. The average molecular weight is 254 g/mol. The van der Waals surface area contributed by atoms with Crippen molar-refractivity contribution in [3.63, 3.8) is 0 Å². The van der Waals surface area contributed by atoms with Gasteiger partial charge < -0.3 is 5.73 Å². The van der Waals surface area contributed by atoms with Crippen molar-refractivity contribution in [2.24, 2.45) is 12.8 Å². The molecule has 2 rings (SSSR count). The van der Waals surface area contributed by atoms with E-state index in [0.29, 0.717) is 6.42 Å². The van der Waals surface area contributed by atoms with Gasteiger partial charge in [-0.15, -0.1) is 0 Å². The van der Waals surface area contributed by atoms with Gasteiger partial charge in [0.2, 0.25) is 0 Å². The van der Waals surface area contributed by atoms with Crippen LogP contribution in [0.4, 0.5) is 4.39 Å². The van der Waals surface area contributed by atoms with Crippen molar-refractivity contribution in [3.05, 3.63) is 52.6 Å². The van der Waals surface area contributed by atoms with Crippen molar-refractivity contribution in [1.29, 1.82) is 0 Å². The summed E-state index contributed by atoms with van der Waals surface area (Å²) in [6.07, 6.45) is 2.42. The topological polar surface area (TPSA) is 43.8 Å². The smallest absolute Gasteiger partial charge is 0.141 e. The van der Waals surface area contributed by atoms with Crippen molar-refractivity contribution in [2.75, 3.05) is 0 Å². The lowest BCUT2D eigenvalue weighted by molar-refractivity contribution is 0.624. The van der Waals surface area contributed by atoms with Gasteiger partial charge >= 0.3 is 0 Å². The van der Waals surface area contributed by atoms with E-state index in [1.165, 1.54) is 6.07 Å². The third-order valence-corrected chi connectivity index (χ3v) is 2.84. The molecule has 17 heavy (non-hydrogen) atoms. The van der Waals surface area contributed by atoms with Crippen LogP contribution >= 0.6 is 11.6 Å². The molecule has 0 saturated carbocycles. The van der Waals surface area contributed by atoms with Gasteiger partial charge in [0, 0.05) is 13.2 Å². The molecule has 2 N–H and O–H groups in total. The van der Waals surface area contributed by atoms with Crippen LogP contribution in [0.25, 0.3) is 0 Å². The Morgan fingerprint density at radius 3 is 2.82 bits per heavy atom. The quantitative estimate of drug-likeness (QED) is 0.913. The molecule has 1 aromatic carbocycles. The molecular formula is C12H13ClFN3. The maximum Gasteiger partial charge on any atom is 0.141 e. The fraction of sp³-hybridized carbons (Fsp3) is 0.250. The minimum Gasteiger partial charge on any atom is -0.322 e. The van der Waals surface area contributed by atoms with Gasteiger partial charge in [0.25, 0.3) is 0 Å². The zero-order valence-electron chi connectivity index (χ0n) is 9.40. The first-order chi connectivity index (χ1) is 8.06. The molecule has 1 atom stereocenters. The van der Waals surface area contributed by atoms with Gasteiger partial charge in [0.1, 0.15) is 5.82 Å². The van der Waals surface area contributed by atoms with E-state index in [4.69, 9.17) is 17.3 Å². The molecule has 0 aliphatic heterocycles. The third kappa shape index (κ3) is 2.84. The van der Waals surface area contributed by atoms with E-state index in [2.05, 4.69) is 5.10 Å². The van der Waals surface area contributed by atoms with Crippen LogP contribution < -0.4 is 5.73 Å². The fourth-order valence-corrected chi connectivity index (χ4v) is 1.86. The van der Waals surface area contributed by atoms with E-state index >= 15 is 0 Å². The normalized spacial score (nSPS) is 12.7. The van der Waals surface area contributed by atoms with E-state index < -0.39 is 5.82 Å². The first kappa shape index (κ1) is 12.1. The van der Waals surface area contributed by atoms with Crippen molar-refractivity contribution >= 4 is 11.6 Å². The molecule has 0 bridgehead atoms. The molecule has 0 fully saturated rings. The Kier molecular flexibility index (Phi) is 3.45. The fourth-order valence-electron chi connectivity index (χ4n) is 1.66. The van der Waals surface area contributed by atoms with E-state index in [1.807, 2.05) is 19.3 Å². The number of hydrogen-bond donors (Lipinski definition) is 1. The van der Waals surface area contributed by atoms with Crippen LogP contribution in [0.2, 0.25) is 5.02 Å². The minimum atomic E-state index is -0.415. The lowest BCUT2D eigenvalue weighted by Crippen LogP contribution is -2.14. The summed E-state index contributed by atoms with van der Waals surface area (Å²) < 4.78 is 14.7. The summed E-state index contributed by atoms with van der Waals surface area (Å²) in [7, 11) is 1.84. The Hall–Kier alpha value is -1.39. The van der Waals surface area contributed by atoms with E-state index in [-0.39, 0.29) is 11.1 Å². The molecule has 0 amide bonds. The van der Waals surface area contributed by atoms with E-state index in [1.54, 1.807) is 16.8 Å². The summed E-state index contributed by atoms with van der Waals surface area (Å²) in [4.78, 5) is 0. The van der Waals surface area contributed by atoms with Gasteiger partial charge in [0.05, 0.1) is 16.8 Å². The summed E-state index contributed by atoms with van der Waals surface area (Å²) in [5.41, 5.74) is 7.73. The highest BCUT2D eigenvalue weighted by Gasteiger charge is 2.11. The second-order valence-corrected chi connectivity index (χ2v) is 4.38. The van der Waals surface area contributed by atoms with Gasteiger partial charge in [-0.25, -0.2) is 4.39 Å². The Balaban J connectivity index is 2.12. The maximum atomic E-state index is 13.0. The number of rotatable bonds is 3. The van der Waals surface area contributed by atoms with Gasteiger partial charge in [-0.05, 0) is 30.2 Å². The Morgan fingerprint density at radius 1 is 1.47 bits per heavy atom. The number of benzene rings is 1. The average Bonchev–Trinajstić information content (AvgIpc) is 2.70. The van der Waals surface area contributed by atoms with Gasteiger partial charge in [-0.3, -0.25) is 4.68 Å². The van der Waals surface area contributed by atoms with Crippen molar-refractivity contribution in [3.8, 4) is 0 Å². The predicted octanol–water partition coefficient (Wildman–Crippen LogP) is 2.46. The van der Waals surface area contributed by atoms with Crippen LogP contribution in [0, 0.1) is 5.82 Å². The van der Waals surface area contributed by atoms with Gasteiger partial charge in [0.15, 0.2) is 0 Å². The van der Waals surface area contributed by atoms with Gasteiger partial charge in [-0.1, -0.05) is 17.7 Å². The highest BCUT2D eigenvalue weighted by atomic mass is 35.5. The number of aromatic nitrogens is 2. The number of hydrogen-bond acceptors (Lipinski definition) is 2. The van der Waals surface area contributed by atoms with Crippen LogP contribution in [0.1, 0.15) is 17.3 Å². The minimum absolute atomic E-state index is 0.121. The molecule has 1 heterocycles.